The fraction of sp³-hybridized carbons (Fsp3) is 0.667. The Kier molecular flexibility index (Phi) is 3.70. The van der Waals surface area contributed by atoms with Crippen molar-refractivity contribution in [3.8, 4) is 0 Å². The molecule has 1 rings (SSSR count). The van der Waals surface area contributed by atoms with E-state index in [1.807, 2.05) is 0 Å². The van der Waals surface area contributed by atoms with Crippen LogP contribution < -0.4 is 0 Å². The maximum atomic E-state index is 12.8. The summed E-state index contributed by atoms with van der Waals surface area (Å²) >= 11 is 1.03. The molecule has 0 fully saturated rings. The third kappa shape index (κ3) is 2.91. The highest BCUT2D eigenvalue weighted by atomic mass is 127. The minimum Gasteiger partial charge on any atom is -0.254 e. The average Bonchev–Trinajstić information content (AvgIpc) is 2.39. The molecule has 0 atom stereocenters. The summed E-state index contributed by atoms with van der Waals surface area (Å²) in [5.74, 6) is 0. The van der Waals surface area contributed by atoms with Gasteiger partial charge in [0.25, 0.3) is 0 Å². The van der Waals surface area contributed by atoms with Crippen molar-refractivity contribution in [3.63, 3.8) is 0 Å². The van der Waals surface area contributed by atoms with Crippen LogP contribution in [-0.4, -0.2) is 9.78 Å². The number of hydrogen-bond acceptors (Lipinski definition) is 1. The Balaban J connectivity index is 3.63. The van der Waals surface area contributed by atoms with Crippen LogP contribution in [0, 0.1) is 3.57 Å². The van der Waals surface area contributed by atoms with Crippen LogP contribution in [0.4, 0.5) is 26.3 Å². The number of aromatic nitrogens is 2. The third-order valence-corrected chi connectivity index (χ3v) is 3.02. The second-order valence-electron chi connectivity index (χ2n) is 4.59. The van der Waals surface area contributed by atoms with Crippen molar-refractivity contribution >= 4 is 22.6 Å². The van der Waals surface area contributed by atoms with Crippen molar-refractivity contribution in [1.82, 2.24) is 9.78 Å². The number of halogens is 7. The first-order valence-electron chi connectivity index (χ1n) is 4.69. The van der Waals surface area contributed by atoms with E-state index in [4.69, 9.17) is 0 Å². The third-order valence-electron chi connectivity index (χ3n) is 2.00. The predicted molar refractivity (Wildman–Crippen MR) is 59.9 cm³/mol. The van der Waals surface area contributed by atoms with Crippen LogP contribution in [-0.2, 0) is 17.9 Å². The lowest BCUT2D eigenvalue weighted by Crippen LogP contribution is -2.29. The molecule has 0 radical (unpaired) electrons. The summed E-state index contributed by atoms with van der Waals surface area (Å²) < 4.78 is 75.6. The second-order valence-corrected chi connectivity index (χ2v) is 5.67. The zero-order valence-electron chi connectivity index (χ0n) is 9.54. The molecule has 2 nitrogen and oxygen atoms in total. The van der Waals surface area contributed by atoms with Crippen molar-refractivity contribution in [3.05, 3.63) is 15.0 Å². The molecule has 0 unspecified atom stereocenters. The first-order valence-corrected chi connectivity index (χ1v) is 5.77. The average molecular weight is 386 g/mol. The SMILES string of the molecule is CC(C)(C)n1nc(C(F)(F)F)c(I)c1C(F)(F)F. The Hall–Kier alpha value is -0.480. The molecule has 0 aliphatic heterocycles. The van der Waals surface area contributed by atoms with Gasteiger partial charge < -0.3 is 0 Å². The fourth-order valence-electron chi connectivity index (χ4n) is 1.31. The largest absolute Gasteiger partial charge is 0.436 e. The van der Waals surface area contributed by atoms with Crippen LogP contribution >= 0.6 is 22.6 Å². The first-order chi connectivity index (χ1) is 7.76. The lowest BCUT2D eigenvalue weighted by molar-refractivity contribution is -0.147. The number of nitrogens with zero attached hydrogens (tertiary/aromatic N) is 2. The molecule has 18 heavy (non-hydrogen) atoms. The highest BCUT2D eigenvalue weighted by Gasteiger charge is 2.47. The van der Waals surface area contributed by atoms with Crippen LogP contribution in [0.15, 0.2) is 0 Å². The summed E-state index contributed by atoms with van der Waals surface area (Å²) in [6.07, 6.45) is -9.80. The molecule has 1 aromatic rings. The van der Waals surface area contributed by atoms with Gasteiger partial charge in [0.15, 0.2) is 11.4 Å². The standard InChI is InChI=1S/C9H9F6IN2/c1-7(2,3)18-6(9(13,14)15)4(16)5(17-18)8(10,11)12/h1-3H3. The van der Waals surface area contributed by atoms with Gasteiger partial charge in [0.2, 0.25) is 0 Å². The molecule has 9 heteroatoms. The van der Waals surface area contributed by atoms with Crippen molar-refractivity contribution in [2.24, 2.45) is 0 Å². The minimum atomic E-state index is -4.91. The van der Waals surface area contributed by atoms with Crippen LogP contribution in [0.5, 0.6) is 0 Å². The van der Waals surface area contributed by atoms with E-state index >= 15 is 0 Å². The van der Waals surface area contributed by atoms with Gasteiger partial charge in [-0.15, -0.1) is 0 Å². The molecular weight excluding hydrogens is 377 g/mol. The van der Waals surface area contributed by atoms with Crippen molar-refractivity contribution in [2.45, 2.75) is 38.7 Å². The molecule has 1 heterocycles. The summed E-state index contributed by atoms with van der Waals surface area (Å²) in [4.78, 5) is 0. The molecule has 0 saturated heterocycles. The second kappa shape index (κ2) is 4.27. The van der Waals surface area contributed by atoms with Crippen molar-refractivity contribution < 1.29 is 26.3 Å². The summed E-state index contributed by atoms with van der Waals surface area (Å²) in [7, 11) is 0. The molecule has 0 bridgehead atoms. The molecule has 0 saturated carbocycles. The Morgan fingerprint density at radius 1 is 0.944 bits per heavy atom. The molecule has 0 N–H and O–H groups in total. The smallest absolute Gasteiger partial charge is 0.254 e. The van der Waals surface area contributed by atoms with Gasteiger partial charge >= 0.3 is 12.4 Å². The van der Waals surface area contributed by atoms with Gasteiger partial charge in [-0.2, -0.15) is 31.4 Å². The van der Waals surface area contributed by atoms with Gasteiger partial charge in [-0.1, -0.05) is 0 Å². The van der Waals surface area contributed by atoms with E-state index < -0.39 is 32.8 Å². The Morgan fingerprint density at radius 3 is 1.61 bits per heavy atom. The maximum Gasteiger partial charge on any atom is 0.436 e. The van der Waals surface area contributed by atoms with Gasteiger partial charge in [-0.25, -0.2) is 0 Å². The molecule has 0 aromatic carbocycles. The summed E-state index contributed by atoms with van der Waals surface area (Å²) in [5, 5.41) is 3.08. The quantitative estimate of drug-likeness (QED) is 0.481. The lowest BCUT2D eigenvalue weighted by Gasteiger charge is -2.23. The molecule has 0 aliphatic carbocycles. The molecule has 0 spiro atoms. The van der Waals surface area contributed by atoms with E-state index in [1.54, 1.807) is 0 Å². The maximum absolute atomic E-state index is 12.8. The van der Waals surface area contributed by atoms with E-state index in [-0.39, 0.29) is 0 Å². The lowest BCUT2D eigenvalue weighted by atomic mass is 10.1. The molecular formula is C9H9F6IN2. The van der Waals surface area contributed by atoms with Crippen molar-refractivity contribution in [2.75, 3.05) is 0 Å². The number of rotatable bonds is 0. The van der Waals surface area contributed by atoms with E-state index in [9.17, 15) is 26.3 Å². The molecule has 0 aliphatic rings. The normalized spacial score (nSPS) is 14.1. The van der Waals surface area contributed by atoms with Gasteiger partial charge in [-0.05, 0) is 43.4 Å². The fourth-order valence-corrected chi connectivity index (χ4v) is 2.26. The topological polar surface area (TPSA) is 17.8 Å². The van der Waals surface area contributed by atoms with Crippen LogP contribution in [0.2, 0.25) is 0 Å². The summed E-state index contributed by atoms with van der Waals surface area (Å²) in [6, 6.07) is 0. The van der Waals surface area contributed by atoms with Gasteiger partial charge in [-0.3, -0.25) is 4.68 Å². The Bertz CT molecular complexity index is 451. The Morgan fingerprint density at radius 2 is 1.39 bits per heavy atom. The van der Waals surface area contributed by atoms with Gasteiger partial charge in [0, 0.05) is 0 Å². The zero-order valence-corrected chi connectivity index (χ0v) is 11.7. The van der Waals surface area contributed by atoms with Gasteiger partial charge in [0.1, 0.15) is 0 Å². The van der Waals surface area contributed by atoms with E-state index in [2.05, 4.69) is 5.10 Å². The first kappa shape index (κ1) is 15.6. The van der Waals surface area contributed by atoms with E-state index in [1.165, 1.54) is 20.8 Å². The summed E-state index contributed by atoms with van der Waals surface area (Å²) in [5.41, 5.74) is -4.08. The Labute approximate surface area is 112 Å². The molecule has 104 valence electrons. The highest BCUT2D eigenvalue weighted by molar-refractivity contribution is 14.1. The number of alkyl halides is 6. The zero-order chi connectivity index (χ0) is 14.5. The van der Waals surface area contributed by atoms with Crippen LogP contribution in [0.3, 0.4) is 0 Å². The van der Waals surface area contributed by atoms with Crippen molar-refractivity contribution in [1.29, 1.82) is 0 Å². The predicted octanol–water partition coefficient (Wildman–Crippen LogP) is 4.28. The van der Waals surface area contributed by atoms with Crippen LogP contribution in [0.1, 0.15) is 32.2 Å². The van der Waals surface area contributed by atoms with E-state index in [0.29, 0.717) is 4.68 Å². The van der Waals surface area contributed by atoms with E-state index in [0.717, 1.165) is 22.6 Å². The monoisotopic (exact) mass is 386 g/mol. The molecule has 1 aromatic heterocycles. The van der Waals surface area contributed by atoms with Crippen LogP contribution in [0.25, 0.3) is 0 Å². The summed E-state index contributed by atoms with van der Waals surface area (Å²) in [6.45, 7) is 4.06. The molecule has 0 amide bonds. The van der Waals surface area contributed by atoms with Gasteiger partial charge in [0.05, 0.1) is 9.11 Å². The number of hydrogen-bond donors (Lipinski definition) is 0. The highest BCUT2D eigenvalue weighted by Crippen LogP contribution is 2.41. The minimum absolute atomic E-state index is 0.373.